The van der Waals surface area contributed by atoms with E-state index in [-0.39, 0.29) is 0 Å². The van der Waals surface area contributed by atoms with Gasteiger partial charge in [0.1, 0.15) is 18.5 Å². The second-order valence-corrected chi connectivity index (χ2v) is 5.39. The maximum Gasteiger partial charge on any atom is 0.120 e. The lowest BCUT2D eigenvalue weighted by atomic mass is 10.2. The van der Waals surface area contributed by atoms with Crippen molar-refractivity contribution < 1.29 is 9.84 Å². The van der Waals surface area contributed by atoms with Crippen LogP contribution in [-0.2, 0) is 0 Å². The van der Waals surface area contributed by atoms with Crippen LogP contribution in [0.2, 0.25) is 0 Å². The highest BCUT2D eigenvalue weighted by Crippen LogP contribution is 2.17. The Bertz CT molecular complexity index is 331. The van der Waals surface area contributed by atoms with Crippen LogP contribution in [0.15, 0.2) is 28.7 Å². The molecule has 2 N–H and O–H groups in total. The molecule has 0 spiro atoms. The Kier molecular flexibility index (Phi) is 6.55. The van der Waals surface area contributed by atoms with Gasteiger partial charge in [-0.25, -0.2) is 0 Å². The molecule has 1 atom stereocenters. The summed E-state index contributed by atoms with van der Waals surface area (Å²) in [5, 5.41) is 12.9. The van der Waals surface area contributed by atoms with E-state index < -0.39 is 6.10 Å². The molecule has 1 unspecified atom stereocenters. The zero-order chi connectivity index (χ0) is 12.7. The molecule has 3 nitrogen and oxygen atoms in total. The summed E-state index contributed by atoms with van der Waals surface area (Å²) in [5.74, 6) is 1.36. The SMILES string of the molecule is CC(C)CNCC(O)COc1cccc(Br)c1. The van der Waals surface area contributed by atoms with Crippen LogP contribution in [0.4, 0.5) is 0 Å². The van der Waals surface area contributed by atoms with Crippen molar-refractivity contribution in [2.24, 2.45) is 5.92 Å². The fraction of sp³-hybridized carbons (Fsp3) is 0.538. The quantitative estimate of drug-likeness (QED) is 0.813. The van der Waals surface area contributed by atoms with Gasteiger partial charge in [0, 0.05) is 11.0 Å². The largest absolute Gasteiger partial charge is 0.491 e. The molecule has 0 bridgehead atoms. The number of aliphatic hydroxyl groups excluding tert-OH is 1. The average molecular weight is 302 g/mol. The van der Waals surface area contributed by atoms with Crippen molar-refractivity contribution in [3.05, 3.63) is 28.7 Å². The minimum atomic E-state index is -0.479. The molecule has 96 valence electrons. The van der Waals surface area contributed by atoms with Crippen molar-refractivity contribution in [3.8, 4) is 5.75 Å². The lowest BCUT2D eigenvalue weighted by Gasteiger charge is -2.14. The summed E-state index contributed by atoms with van der Waals surface area (Å²) in [6.45, 7) is 6.05. The van der Waals surface area contributed by atoms with Gasteiger partial charge in [0.15, 0.2) is 0 Å². The number of benzene rings is 1. The molecule has 0 saturated heterocycles. The summed E-state index contributed by atoms with van der Waals surface area (Å²) in [5.41, 5.74) is 0. The lowest BCUT2D eigenvalue weighted by Crippen LogP contribution is -2.33. The van der Waals surface area contributed by atoms with E-state index in [4.69, 9.17) is 4.74 Å². The van der Waals surface area contributed by atoms with E-state index in [2.05, 4.69) is 35.1 Å². The van der Waals surface area contributed by atoms with Crippen LogP contribution in [0.25, 0.3) is 0 Å². The smallest absolute Gasteiger partial charge is 0.120 e. The molecular weight excluding hydrogens is 282 g/mol. The Morgan fingerprint density at radius 1 is 1.35 bits per heavy atom. The first-order valence-electron chi connectivity index (χ1n) is 5.85. The molecule has 0 aliphatic carbocycles. The van der Waals surface area contributed by atoms with Gasteiger partial charge in [-0.2, -0.15) is 0 Å². The standard InChI is InChI=1S/C13H20BrNO2/c1-10(2)7-15-8-12(16)9-17-13-5-3-4-11(14)6-13/h3-6,10,12,15-16H,7-9H2,1-2H3. The van der Waals surface area contributed by atoms with Crippen molar-refractivity contribution in [1.29, 1.82) is 0 Å². The molecular formula is C13H20BrNO2. The molecule has 1 rings (SSSR count). The highest BCUT2D eigenvalue weighted by molar-refractivity contribution is 9.10. The predicted octanol–water partition coefficient (Wildman–Crippen LogP) is 2.43. The van der Waals surface area contributed by atoms with Crippen LogP contribution in [0, 0.1) is 5.92 Å². The van der Waals surface area contributed by atoms with Gasteiger partial charge >= 0.3 is 0 Å². The van der Waals surface area contributed by atoms with E-state index in [1.165, 1.54) is 0 Å². The van der Waals surface area contributed by atoms with E-state index in [1.54, 1.807) is 0 Å². The zero-order valence-electron chi connectivity index (χ0n) is 10.3. The normalized spacial score (nSPS) is 12.8. The van der Waals surface area contributed by atoms with Gasteiger partial charge in [0.2, 0.25) is 0 Å². The summed E-state index contributed by atoms with van der Waals surface area (Å²) in [4.78, 5) is 0. The van der Waals surface area contributed by atoms with Gasteiger partial charge in [-0.3, -0.25) is 0 Å². The first-order valence-corrected chi connectivity index (χ1v) is 6.64. The maximum absolute atomic E-state index is 9.69. The second kappa shape index (κ2) is 7.69. The number of nitrogens with one attached hydrogen (secondary N) is 1. The number of hydrogen-bond acceptors (Lipinski definition) is 3. The van der Waals surface area contributed by atoms with Crippen molar-refractivity contribution in [1.82, 2.24) is 5.32 Å². The van der Waals surface area contributed by atoms with E-state index >= 15 is 0 Å². The highest BCUT2D eigenvalue weighted by Gasteiger charge is 2.05. The maximum atomic E-state index is 9.69. The Balaban J connectivity index is 2.21. The van der Waals surface area contributed by atoms with Crippen LogP contribution < -0.4 is 10.1 Å². The first kappa shape index (κ1) is 14.5. The van der Waals surface area contributed by atoms with Crippen LogP contribution in [-0.4, -0.2) is 30.9 Å². The van der Waals surface area contributed by atoms with Crippen molar-refractivity contribution >= 4 is 15.9 Å². The van der Waals surface area contributed by atoms with Gasteiger partial charge in [-0.05, 0) is 30.7 Å². The number of hydrogen-bond donors (Lipinski definition) is 2. The summed E-state index contributed by atoms with van der Waals surface area (Å²) >= 11 is 3.37. The third-order valence-corrected chi connectivity index (χ3v) is 2.66. The molecule has 1 aromatic rings. The molecule has 0 heterocycles. The number of ether oxygens (including phenoxy) is 1. The van der Waals surface area contributed by atoms with Gasteiger partial charge in [-0.1, -0.05) is 35.8 Å². The number of aliphatic hydroxyl groups is 1. The minimum Gasteiger partial charge on any atom is -0.491 e. The molecule has 0 fully saturated rings. The summed E-state index contributed by atoms with van der Waals surface area (Å²) in [6, 6.07) is 7.60. The molecule has 0 aliphatic heterocycles. The van der Waals surface area contributed by atoms with E-state index in [9.17, 15) is 5.11 Å². The Labute approximate surface area is 111 Å². The van der Waals surface area contributed by atoms with Crippen LogP contribution in [0.3, 0.4) is 0 Å². The number of halogens is 1. The Hall–Kier alpha value is -0.580. The van der Waals surface area contributed by atoms with Crippen LogP contribution in [0.1, 0.15) is 13.8 Å². The Morgan fingerprint density at radius 3 is 2.76 bits per heavy atom. The first-order chi connectivity index (χ1) is 8.08. The van der Waals surface area contributed by atoms with Crippen molar-refractivity contribution in [2.45, 2.75) is 20.0 Å². The van der Waals surface area contributed by atoms with Crippen molar-refractivity contribution in [3.63, 3.8) is 0 Å². The van der Waals surface area contributed by atoms with Crippen LogP contribution in [0.5, 0.6) is 5.75 Å². The third-order valence-electron chi connectivity index (χ3n) is 2.17. The summed E-state index contributed by atoms with van der Waals surface area (Å²) in [6.07, 6.45) is -0.479. The third kappa shape index (κ3) is 6.66. The topological polar surface area (TPSA) is 41.5 Å². The summed E-state index contributed by atoms with van der Waals surface area (Å²) in [7, 11) is 0. The van der Waals surface area contributed by atoms with E-state index in [1.807, 2.05) is 24.3 Å². The van der Waals surface area contributed by atoms with Crippen LogP contribution >= 0.6 is 15.9 Å². The van der Waals surface area contributed by atoms with E-state index in [0.29, 0.717) is 19.1 Å². The Morgan fingerprint density at radius 2 is 2.12 bits per heavy atom. The fourth-order valence-electron chi connectivity index (χ4n) is 1.35. The molecule has 0 aromatic heterocycles. The van der Waals surface area contributed by atoms with Crippen molar-refractivity contribution in [2.75, 3.05) is 19.7 Å². The van der Waals surface area contributed by atoms with E-state index in [0.717, 1.165) is 16.8 Å². The fourth-order valence-corrected chi connectivity index (χ4v) is 1.72. The molecule has 0 amide bonds. The minimum absolute atomic E-state index is 0.307. The van der Waals surface area contributed by atoms with Gasteiger partial charge < -0.3 is 15.2 Å². The molecule has 0 radical (unpaired) electrons. The zero-order valence-corrected chi connectivity index (χ0v) is 11.9. The number of rotatable bonds is 7. The van der Waals surface area contributed by atoms with Gasteiger partial charge in [-0.15, -0.1) is 0 Å². The molecule has 0 saturated carbocycles. The molecule has 1 aromatic carbocycles. The molecule has 0 aliphatic rings. The monoisotopic (exact) mass is 301 g/mol. The van der Waals surface area contributed by atoms with Gasteiger partial charge in [0.05, 0.1) is 0 Å². The molecule has 17 heavy (non-hydrogen) atoms. The average Bonchev–Trinajstić information content (AvgIpc) is 2.26. The second-order valence-electron chi connectivity index (χ2n) is 4.47. The van der Waals surface area contributed by atoms with Gasteiger partial charge in [0.25, 0.3) is 0 Å². The lowest BCUT2D eigenvalue weighted by molar-refractivity contribution is 0.106. The summed E-state index contributed by atoms with van der Waals surface area (Å²) < 4.78 is 6.46. The highest BCUT2D eigenvalue weighted by atomic mass is 79.9. The molecule has 4 heteroatoms. The predicted molar refractivity (Wildman–Crippen MR) is 73.4 cm³/mol.